The molecule has 0 radical (unpaired) electrons. The molecule has 162 valence electrons. The molecule has 3 aromatic rings. The Balaban J connectivity index is 1.69. The molecular weight excluding hydrogens is 390 g/mol. The molecule has 0 unspecified atom stereocenters. The van der Waals surface area contributed by atoms with E-state index >= 15 is 0 Å². The lowest BCUT2D eigenvalue weighted by molar-refractivity contribution is 0.214. The number of rotatable bonds is 5. The number of primary amides is 1. The van der Waals surface area contributed by atoms with E-state index < -0.39 is 6.03 Å². The number of hydrogen-bond acceptors (Lipinski definition) is 4. The van der Waals surface area contributed by atoms with E-state index in [1.165, 1.54) is 22.3 Å². The monoisotopic (exact) mass is 419 g/mol. The Morgan fingerprint density at radius 2 is 1.87 bits per heavy atom. The lowest BCUT2D eigenvalue weighted by Gasteiger charge is -2.47. The summed E-state index contributed by atoms with van der Waals surface area (Å²) in [5, 5.41) is 5.27. The Morgan fingerprint density at radius 1 is 1.19 bits per heavy atom. The number of urea groups is 1. The van der Waals surface area contributed by atoms with Gasteiger partial charge in [0.15, 0.2) is 17.1 Å². The highest BCUT2D eigenvalue weighted by atomic mass is 16.5. The normalized spacial score (nSPS) is 21.1. The first-order chi connectivity index (χ1) is 14.7. The zero-order valence-electron chi connectivity index (χ0n) is 18.7. The summed E-state index contributed by atoms with van der Waals surface area (Å²) in [7, 11) is 1.62. The van der Waals surface area contributed by atoms with E-state index in [2.05, 4.69) is 50.4 Å². The highest BCUT2D eigenvalue weighted by Crippen LogP contribution is 2.51. The van der Waals surface area contributed by atoms with Crippen LogP contribution >= 0.6 is 0 Å². The van der Waals surface area contributed by atoms with Crippen molar-refractivity contribution in [3.63, 3.8) is 0 Å². The van der Waals surface area contributed by atoms with Gasteiger partial charge in [-0.3, -0.25) is 0 Å². The van der Waals surface area contributed by atoms with Gasteiger partial charge in [-0.15, -0.1) is 0 Å². The third kappa shape index (κ3) is 3.78. The number of nitrogens with two attached hydrogens (primary N) is 1. The molecule has 1 aliphatic rings. The van der Waals surface area contributed by atoms with Crippen LogP contribution in [0.25, 0.3) is 11.0 Å². The van der Waals surface area contributed by atoms with Gasteiger partial charge >= 0.3 is 6.03 Å². The van der Waals surface area contributed by atoms with E-state index in [0.29, 0.717) is 22.8 Å². The maximum Gasteiger partial charge on any atom is 0.332 e. The Bertz CT molecular complexity index is 1160. The Kier molecular flexibility index (Phi) is 5.25. The van der Waals surface area contributed by atoms with Gasteiger partial charge in [0.1, 0.15) is 5.71 Å². The van der Waals surface area contributed by atoms with Gasteiger partial charge in [-0.25, -0.2) is 10.2 Å². The molecule has 1 aromatic heterocycles. The van der Waals surface area contributed by atoms with Crippen LogP contribution in [0.3, 0.4) is 0 Å². The van der Waals surface area contributed by atoms with Crippen molar-refractivity contribution < 1.29 is 13.9 Å². The maximum atomic E-state index is 11.4. The smallest absolute Gasteiger partial charge is 0.332 e. The standard InChI is InChI=1S/C25H29N3O3/c1-14-9-15(2)21(16(3)10-14)25(4)12-18(13-25)22(27-28-24(26)29)20-11-17-7-6-8-19(30-5)23(17)31-20/h6-11,18H,12-13H2,1-5H3,(H3,26,28,29). The van der Waals surface area contributed by atoms with Crippen LogP contribution in [-0.2, 0) is 5.41 Å². The number of ether oxygens (including phenoxy) is 1. The molecule has 0 aliphatic heterocycles. The van der Waals surface area contributed by atoms with Gasteiger partial charge in [0.2, 0.25) is 0 Å². The first kappa shape index (κ1) is 21.0. The van der Waals surface area contributed by atoms with Gasteiger partial charge in [-0.1, -0.05) is 36.8 Å². The van der Waals surface area contributed by atoms with Crippen molar-refractivity contribution in [3.8, 4) is 5.75 Å². The molecule has 1 heterocycles. The number of para-hydroxylation sites is 1. The minimum absolute atomic E-state index is 0.0454. The van der Waals surface area contributed by atoms with Crippen molar-refractivity contribution in [2.45, 2.75) is 46.0 Å². The average Bonchev–Trinajstić information content (AvgIpc) is 3.09. The van der Waals surface area contributed by atoms with E-state index in [-0.39, 0.29) is 11.3 Å². The SMILES string of the molecule is COc1cccc2cc(C(=NNC(N)=O)C3CC(C)(c4c(C)cc(C)cc4C)C3)oc12. The van der Waals surface area contributed by atoms with Crippen LogP contribution in [0, 0.1) is 26.7 Å². The number of hydrogen-bond donors (Lipinski definition) is 2. The van der Waals surface area contributed by atoms with Crippen molar-refractivity contribution in [2.75, 3.05) is 7.11 Å². The molecular formula is C25H29N3O3. The fourth-order valence-corrected chi connectivity index (χ4v) is 5.34. The van der Waals surface area contributed by atoms with E-state index in [9.17, 15) is 4.79 Å². The Labute approximate surface area is 182 Å². The summed E-state index contributed by atoms with van der Waals surface area (Å²) >= 11 is 0. The second-order valence-electron chi connectivity index (χ2n) is 8.90. The summed E-state index contributed by atoms with van der Waals surface area (Å²) in [5.41, 5.74) is 14.4. The second kappa shape index (κ2) is 7.76. The Hall–Kier alpha value is -3.28. The number of nitrogens with one attached hydrogen (secondary N) is 1. The molecule has 0 atom stereocenters. The summed E-state index contributed by atoms with van der Waals surface area (Å²) in [6, 6.07) is 11.5. The van der Waals surface area contributed by atoms with E-state index in [0.717, 1.165) is 18.2 Å². The summed E-state index contributed by atoms with van der Waals surface area (Å²) in [6.07, 6.45) is 1.82. The number of hydrazone groups is 1. The van der Waals surface area contributed by atoms with Crippen LogP contribution in [0.2, 0.25) is 0 Å². The first-order valence-electron chi connectivity index (χ1n) is 10.5. The molecule has 2 aromatic carbocycles. The number of fused-ring (bicyclic) bond motifs is 1. The van der Waals surface area contributed by atoms with Gasteiger partial charge in [0.25, 0.3) is 0 Å². The van der Waals surface area contributed by atoms with Crippen LogP contribution in [-0.4, -0.2) is 18.9 Å². The van der Waals surface area contributed by atoms with E-state index in [1.807, 2.05) is 24.3 Å². The highest BCUT2D eigenvalue weighted by molar-refractivity contribution is 6.04. The van der Waals surface area contributed by atoms with Crippen LogP contribution < -0.4 is 15.9 Å². The minimum atomic E-state index is -0.696. The lowest BCUT2D eigenvalue weighted by atomic mass is 9.57. The summed E-state index contributed by atoms with van der Waals surface area (Å²) < 4.78 is 11.6. The zero-order chi connectivity index (χ0) is 22.3. The first-order valence-corrected chi connectivity index (χ1v) is 10.5. The summed E-state index contributed by atoms with van der Waals surface area (Å²) in [6.45, 7) is 8.80. The maximum absolute atomic E-state index is 11.4. The highest BCUT2D eigenvalue weighted by Gasteiger charge is 2.46. The molecule has 31 heavy (non-hydrogen) atoms. The Morgan fingerprint density at radius 3 is 2.48 bits per heavy atom. The fraction of sp³-hybridized carbons (Fsp3) is 0.360. The molecule has 0 bridgehead atoms. The van der Waals surface area contributed by atoms with Gasteiger partial charge in [0, 0.05) is 11.3 Å². The minimum Gasteiger partial charge on any atom is -0.493 e. The molecule has 3 N–H and O–H groups in total. The molecule has 1 fully saturated rings. The molecule has 1 saturated carbocycles. The lowest BCUT2D eigenvalue weighted by Crippen LogP contribution is -2.44. The number of carbonyl (C=O) groups excluding carboxylic acids is 1. The number of benzene rings is 2. The van der Waals surface area contributed by atoms with E-state index in [4.69, 9.17) is 14.9 Å². The largest absolute Gasteiger partial charge is 0.493 e. The third-order valence-electron chi connectivity index (χ3n) is 6.33. The van der Waals surface area contributed by atoms with Crippen molar-refractivity contribution in [2.24, 2.45) is 16.8 Å². The van der Waals surface area contributed by atoms with Crippen molar-refractivity contribution >= 4 is 22.7 Å². The van der Waals surface area contributed by atoms with Crippen LogP contribution in [0.15, 0.2) is 45.9 Å². The van der Waals surface area contributed by atoms with Crippen LogP contribution in [0.4, 0.5) is 4.79 Å². The van der Waals surface area contributed by atoms with Gasteiger partial charge < -0.3 is 14.9 Å². The van der Waals surface area contributed by atoms with Crippen LogP contribution in [0.5, 0.6) is 5.75 Å². The topological polar surface area (TPSA) is 89.9 Å². The molecule has 2 amide bonds. The van der Waals surface area contributed by atoms with Gasteiger partial charge in [0.05, 0.1) is 7.11 Å². The van der Waals surface area contributed by atoms with E-state index in [1.54, 1.807) is 7.11 Å². The number of carbonyl (C=O) groups is 1. The molecule has 6 nitrogen and oxygen atoms in total. The summed E-state index contributed by atoms with van der Waals surface area (Å²) in [4.78, 5) is 11.4. The van der Waals surface area contributed by atoms with Crippen molar-refractivity contribution in [3.05, 3.63) is 64.4 Å². The predicted molar refractivity (Wildman–Crippen MR) is 123 cm³/mol. The molecule has 6 heteroatoms. The van der Waals surface area contributed by atoms with Gasteiger partial charge in [-0.2, -0.15) is 5.10 Å². The molecule has 0 spiro atoms. The number of furan rings is 1. The molecule has 1 aliphatic carbocycles. The second-order valence-corrected chi connectivity index (χ2v) is 8.90. The van der Waals surface area contributed by atoms with Crippen molar-refractivity contribution in [1.82, 2.24) is 5.43 Å². The zero-order valence-corrected chi connectivity index (χ0v) is 18.7. The summed E-state index contributed by atoms with van der Waals surface area (Å²) in [5.74, 6) is 1.43. The predicted octanol–water partition coefficient (Wildman–Crippen LogP) is 5.11. The number of aryl methyl sites for hydroxylation is 3. The van der Waals surface area contributed by atoms with Gasteiger partial charge in [-0.05, 0) is 67.9 Å². The number of amides is 2. The third-order valence-corrected chi connectivity index (χ3v) is 6.33. The van der Waals surface area contributed by atoms with Crippen molar-refractivity contribution in [1.29, 1.82) is 0 Å². The molecule has 0 saturated heterocycles. The number of methoxy groups -OCH3 is 1. The molecule has 4 rings (SSSR count). The average molecular weight is 420 g/mol. The number of nitrogens with zero attached hydrogens (tertiary/aromatic N) is 1. The van der Waals surface area contributed by atoms with Crippen LogP contribution in [0.1, 0.15) is 47.8 Å². The fourth-order valence-electron chi connectivity index (χ4n) is 5.34. The quantitative estimate of drug-likeness (QED) is 0.445.